The summed E-state index contributed by atoms with van der Waals surface area (Å²) in [6.45, 7) is 7.14. The van der Waals surface area contributed by atoms with E-state index >= 15 is 4.79 Å². The van der Waals surface area contributed by atoms with Crippen molar-refractivity contribution in [3.05, 3.63) is 156 Å². The molecule has 11 nitrogen and oxygen atoms in total. The van der Waals surface area contributed by atoms with Crippen LogP contribution in [0.2, 0.25) is 0 Å². The molecule has 0 aromatic heterocycles. The second-order valence-corrected chi connectivity index (χ2v) is 17.7. The number of hydrogen-bond donors (Lipinski definition) is 2. The number of amides is 1. The highest BCUT2D eigenvalue weighted by molar-refractivity contribution is 6.04. The number of ether oxygens (including phenoxy) is 4. The second kappa shape index (κ2) is 22.0. The molecule has 1 aliphatic heterocycles. The van der Waals surface area contributed by atoms with Crippen LogP contribution in [0.5, 0.6) is 23.0 Å². The van der Waals surface area contributed by atoms with Crippen molar-refractivity contribution in [2.24, 2.45) is 22.9 Å². The van der Waals surface area contributed by atoms with Gasteiger partial charge in [0.05, 0.1) is 30.9 Å². The van der Waals surface area contributed by atoms with Crippen molar-refractivity contribution in [3.63, 3.8) is 0 Å². The van der Waals surface area contributed by atoms with Crippen LogP contribution in [0.15, 0.2) is 139 Å². The molecule has 2 aliphatic carbocycles. The van der Waals surface area contributed by atoms with E-state index in [1.54, 1.807) is 24.3 Å². The first-order valence-corrected chi connectivity index (χ1v) is 23.7. The number of aldehydes is 1. The molecular weight excluding hydrogens is 845 g/mol. The quantitative estimate of drug-likeness (QED) is 0.0301. The Bertz CT molecular complexity index is 2570. The Morgan fingerprint density at radius 1 is 0.896 bits per heavy atom. The van der Waals surface area contributed by atoms with Crippen molar-refractivity contribution in [3.8, 4) is 23.0 Å². The van der Waals surface area contributed by atoms with Gasteiger partial charge in [0, 0.05) is 43.2 Å². The van der Waals surface area contributed by atoms with Gasteiger partial charge in [-0.05, 0) is 114 Å². The SMILES string of the molecule is C=CCO[C@@]12Oc3ccc(Oc4ccc(OC)c(C=O)c4)cc3[C@H]3[C@H](CCCCO)[C@@H](CCCCO)C=C(C(=NOCc4ccccc4)C[C@@H]1N(CCC)C(=O)c1ccc4ccccc4c1)[C@H]32. The van der Waals surface area contributed by atoms with Gasteiger partial charge in [-0.25, -0.2) is 0 Å². The third-order valence-corrected chi connectivity index (χ3v) is 13.6. The van der Waals surface area contributed by atoms with Gasteiger partial charge in [0.15, 0.2) is 6.29 Å². The summed E-state index contributed by atoms with van der Waals surface area (Å²) in [4.78, 5) is 35.6. The average Bonchev–Trinajstić information content (AvgIpc) is 3.36. The molecule has 5 aromatic carbocycles. The van der Waals surface area contributed by atoms with Gasteiger partial charge in [-0.3, -0.25) is 9.59 Å². The summed E-state index contributed by atoms with van der Waals surface area (Å²) >= 11 is 0. The van der Waals surface area contributed by atoms with E-state index in [-0.39, 0.29) is 56.5 Å². The van der Waals surface area contributed by atoms with Gasteiger partial charge in [0.25, 0.3) is 5.91 Å². The first-order chi connectivity index (χ1) is 32.9. The van der Waals surface area contributed by atoms with Crippen LogP contribution in [0.25, 0.3) is 10.8 Å². The smallest absolute Gasteiger partial charge is 0.254 e. The van der Waals surface area contributed by atoms with Gasteiger partial charge in [0.1, 0.15) is 35.6 Å². The van der Waals surface area contributed by atoms with Crippen LogP contribution in [0, 0.1) is 17.8 Å². The van der Waals surface area contributed by atoms with Gasteiger partial charge in [0.2, 0.25) is 5.79 Å². The highest BCUT2D eigenvalue weighted by Crippen LogP contribution is 2.62. The predicted octanol–water partition coefficient (Wildman–Crippen LogP) is 10.8. The molecule has 11 heteroatoms. The van der Waals surface area contributed by atoms with Crippen LogP contribution in [-0.4, -0.2) is 78.3 Å². The van der Waals surface area contributed by atoms with Crippen molar-refractivity contribution in [2.45, 2.75) is 82.6 Å². The lowest BCUT2D eigenvalue weighted by Gasteiger charge is -2.60. The number of aliphatic hydroxyl groups is 2. The molecular formula is C56H62N2O9. The standard InChI is InChI=1S/C56H62N2O9/c1-4-27-58(55(62)42-22-21-39-17-9-10-18-40(39)31-42)52-35-49(57-65-37-38-15-7-6-8-16-38)47-33-41(19-11-13-28-59)46(20-12-14-29-60)53-48-34-45(66-44-23-25-50(63-3)43(32-44)36-61)24-26-51(48)67-56(52,54(47)53)64-30-5-2/h5-10,15-18,21-26,31-34,36,41,46,52-54,59-60H,2,4,11-14,19-20,27-30,35,37H2,1,3H3/t41-,46+,52-,53+,54+,56+/m0/s1. The van der Waals surface area contributed by atoms with Crippen molar-refractivity contribution >= 4 is 28.7 Å². The maximum Gasteiger partial charge on any atom is 0.254 e. The summed E-state index contributed by atoms with van der Waals surface area (Å²) in [6, 6.07) is 34.1. The summed E-state index contributed by atoms with van der Waals surface area (Å²) in [5.74, 6) is -0.145. The van der Waals surface area contributed by atoms with Crippen LogP contribution < -0.4 is 14.2 Å². The number of benzene rings is 5. The molecule has 67 heavy (non-hydrogen) atoms. The molecule has 1 amide bonds. The van der Waals surface area contributed by atoms with E-state index in [1.165, 1.54) is 7.11 Å². The summed E-state index contributed by atoms with van der Waals surface area (Å²) in [5, 5.41) is 27.1. The molecule has 0 unspecified atom stereocenters. The minimum atomic E-state index is -1.42. The number of carbonyl (C=O) groups is 2. The molecule has 1 fully saturated rings. The summed E-state index contributed by atoms with van der Waals surface area (Å²) in [6.07, 6.45) is 10.3. The molecule has 6 atom stereocenters. The minimum absolute atomic E-state index is 0.0207. The Hall–Kier alpha value is -6.27. The highest BCUT2D eigenvalue weighted by atomic mass is 16.7. The maximum absolute atomic E-state index is 15.3. The molecule has 1 heterocycles. The first-order valence-electron chi connectivity index (χ1n) is 23.7. The molecule has 1 saturated carbocycles. The fraction of sp³-hybridized carbons (Fsp3) is 0.375. The molecule has 0 saturated heterocycles. The number of allylic oxidation sites excluding steroid dienone is 1. The average molecular weight is 907 g/mol. The third-order valence-electron chi connectivity index (χ3n) is 13.6. The summed E-state index contributed by atoms with van der Waals surface area (Å²) in [5.41, 5.74) is 4.49. The van der Waals surface area contributed by atoms with Crippen molar-refractivity contribution in [2.75, 3.05) is 33.5 Å². The van der Waals surface area contributed by atoms with Crippen LogP contribution >= 0.6 is 0 Å². The van der Waals surface area contributed by atoms with Crippen LogP contribution in [-0.2, 0) is 16.2 Å². The van der Waals surface area contributed by atoms with E-state index in [0.717, 1.165) is 65.2 Å². The molecule has 0 radical (unpaired) electrons. The largest absolute Gasteiger partial charge is 0.496 e. The third kappa shape index (κ3) is 10.1. The Labute approximate surface area is 393 Å². The molecule has 0 spiro atoms. The van der Waals surface area contributed by atoms with Crippen molar-refractivity contribution in [1.82, 2.24) is 4.90 Å². The number of rotatable bonds is 22. The number of hydrogen-bond acceptors (Lipinski definition) is 10. The lowest BCUT2D eigenvalue weighted by Crippen LogP contribution is -2.70. The lowest BCUT2D eigenvalue weighted by molar-refractivity contribution is -0.254. The fourth-order valence-electron chi connectivity index (χ4n) is 10.6. The van der Waals surface area contributed by atoms with Gasteiger partial charge < -0.3 is 38.9 Å². The van der Waals surface area contributed by atoms with Gasteiger partial charge in [-0.15, -0.1) is 6.58 Å². The van der Waals surface area contributed by atoms with E-state index in [9.17, 15) is 15.0 Å². The number of fused-ring (bicyclic) bond motifs is 3. The highest BCUT2D eigenvalue weighted by Gasteiger charge is 2.65. The van der Waals surface area contributed by atoms with E-state index in [0.29, 0.717) is 59.9 Å². The van der Waals surface area contributed by atoms with Crippen LogP contribution in [0.1, 0.15) is 96.1 Å². The van der Waals surface area contributed by atoms with Gasteiger partial charge in [-0.2, -0.15) is 0 Å². The summed E-state index contributed by atoms with van der Waals surface area (Å²) < 4.78 is 26.6. The van der Waals surface area contributed by atoms with Gasteiger partial charge >= 0.3 is 0 Å². The minimum Gasteiger partial charge on any atom is -0.496 e. The first kappa shape index (κ1) is 47.2. The molecule has 0 bridgehead atoms. The zero-order valence-electron chi connectivity index (χ0n) is 38.6. The lowest BCUT2D eigenvalue weighted by atomic mass is 9.55. The van der Waals surface area contributed by atoms with Crippen LogP contribution in [0.4, 0.5) is 0 Å². The normalized spacial score (nSPS) is 22.2. The number of methoxy groups -OCH3 is 1. The second-order valence-electron chi connectivity index (χ2n) is 17.7. The predicted molar refractivity (Wildman–Crippen MR) is 260 cm³/mol. The van der Waals surface area contributed by atoms with Crippen molar-refractivity contribution in [1.29, 1.82) is 0 Å². The molecule has 8 rings (SSSR count). The summed E-state index contributed by atoms with van der Waals surface area (Å²) in [7, 11) is 1.52. The number of nitrogens with zero attached hydrogens (tertiary/aromatic N) is 2. The number of aliphatic hydroxyl groups excluding tert-OH is 2. The van der Waals surface area contributed by atoms with E-state index in [2.05, 4.69) is 19.6 Å². The zero-order valence-corrected chi connectivity index (χ0v) is 38.6. The fourth-order valence-corrected chi connectivity index (χ4v) is 10.6. The van der Waals surface area contributed by atoms with E-state index in [4.69, 9.17) is 28.9 Å². The Morgan fingerprint density at radius 3 is 2.39 bits per heavy atom. The zero-order chi connectivity index (χ0) is 46.8. The van der Waals surface area contributed by atoms with E-state index in [1.807, 2.05) is 95.9 Å². The maximum atomic E-state index is 15.3. The molecule has 5 aromatic rings. The number of oxime groups is 1. The van der Waals surface area contributed by atoms with Crippen molar-refractivity contribution < 1.29 is 43.6 Å². The van der Waals surface area contributed by atoms with Crippen LogP contribution in [0.3, 0.4) is 0 Å². The van der Waals surface area contributed by atoms with E-state index < -0.39 is 17.7 Å². The molecule has 350 valence electrons. The number of carbonyl (C=O) groups excluding carboxylic acids is 2. The monoisotopic (exact) mass is 906 g/mol. The number of unbranched alkanes of at least 4 members (excludes halogenated alkanes) is 2. The Balaban J connectivity index is 1.33. The Morgan fingerprint density at radius 2 is 1.64 bits per heavy atom. The van der Waals surface area contributed by atoms with Gasteiger partial charge in [-0.1, -0.05) is 97.7 Å². The molecule has 2 N–H and O–H groups in total. The molecule has 3 aliphatic rings. The topological polar surface area (TPSA) is 136 Å². The Kier molecular flexibility index (Phi) is 15.5.